The zero-order valence-electron chi connectivity index (χ0n) is 11.3. The molecule has 0 radical (unpaired) electrons. The highest BCUT2D eigenvalue weighted by atomic mass is 16.3. The van der Waals surface area contributed by atoms with Crippen LogP contribution in [0.4, 0.5) is 0 Å². The van der Waals surface area contributed by atoms with Gasteiger partial charge in [-0.15, -0.1) is 0 Å². The number of furan rings is 1. The Hall–Kier alpha value is -1.77. The van der Waals surface area contributed by atoms with E-state index in [2.05, 4.69) is 11.4 Å². The predicted octanol–water partition coefficient (Wildman–Crippen LogP) is 3.31. The molecule has 0 saturated heterocycles. The number of amides is 1. The summed E-state index contributed by atoms with van der Waals surface area (Å²) in [6.45, 7) is 4.63. The van der Waals surface area contributed by atoms with Gasteiger partial charge >= 0.3 is 0 Å². The first-order valence-electron chi connectivity index (χ1n) is 6.90. The number of hydrogen-bond acceptors (Lipinski definition) is 2. The van der Waals surface area contributed by atoms with Crippen LogP contribution in [-0.4, -0.2) is 12.5 Å². The molecule has 2 unspecified atom stereocenters. The van der Waals surface area contributed by atoms with Gasteiger partial charge in [0.15, 0.2) is 0 Å². The highest BCUT2D eigenvalue weighted by Gasteiger charge is 2.39. The SMILES string of the molecule is CC(C)C(=O)NCC1CC1c1cccc2occc12. The third-order valence-electron chi connectivity index (χ3n) is 3.91. The van der Waals surface area contributed by atoms with E-state index < -0.39 is 0 Å². The fourth-order valence-corrected chi connectivity index (χ4v) is 2.63. The Balaban J connectivity index is 1.66. The van der Waals surface area contributed by atoms with Crippen LogP contribution in [0, 0.1) is 11.8 Å². The van der Waals surface area contributed by atoms with Gasteiger partial charge in [-0.2, -0.15) is 0 Å². The van der Waals surface area contributed by atoms with E-state index in [9.17, 15) is 4.79 Å². The number of nitrogens with one attached hydrogen (secondary N) is 1. The number of carbonyl (C=O) groups excluding carboxylic acids is 1. The summed E-state index contributed by atoms with van der Waals surface area (Å²) in [5, 5.41) is 4.24. The summed E-state index contributed by atoms with van der Waals surface area (Å²) >= 11 is 0. The summed E-state index contributed by atoms with van der Waals surface area (Å²) in [6, 6.07) is 8.25. The predicted molar refractivity (Wildman–Crippen MR) is 74.9 cm³/mol. The summed E-state index contributed by atoms with van der Waals surface area (Å²) in [4.78, 5) is 11.6. The van der Waals surface area contributed by atoms with Gasteiger partial charge < -0.3 is 9.73 Å². The fourth-order valence-electron chi connectivity index (χ4n) is 2.63. The Morgan fingerprint density at radius 3 is 3.05 bits per heavy atom. The maximum absolute atomic E-state index is 11.6. The molecule has 3 rings (SSSR count). The fraction of sp³-hybridized carbons (Fsp3) is 0.438. The Morgan fingerprint density at radius 2 is 2.26 bits per heavy atom. The van der Waals surface area contributed by atoms with Crippen molar-refractivity contribution in [2.45, 2.75) is 26.2 Å². The van der Waals surface area contributed by atoms with Crippen molar-refractivity contribution >= 4 is 16.9 Å². The molecular weight excluding hydrogens is 238 g/mol. The molecular formula is C16H19NO2. The van der Waals surface area contributed by atoms with Gasteiger partial charge in [-0.1, -0.05) is 26.0 Å². The lowest BCUT2D eigenvalue weighted by molar-refractivity contribution is -0.124. The Labute approximate surface area is 113 Å². The lowest BCUT2D eigenvalue weighted by Crippen LogP contribution is -2.29. The van der Waals surface area contributed by atoms with Gasteiger partial charge in [-0.25, -0.2) is 0 Å². The van der Waals surface area contributed by atoms with Crippen molar-refractivity contribution in [3.05, 3.63) is 36.1 Å². The Kier molecular flexibility index (Phi) is 3.05. The van der Waals surface area contributed by atoms with Crippen LogP contribution < -0.4 is 5.32 Å². The van der Waals surface area contributed by atoms with Crippen LogP contribution in [0.3, 0.4) is 0 Å². The van der Waals surface area contributed by atoms with E-state index in [4.69, 9.17) is 4.42 Å². The first kappa shape index (κ1) is 12.3. The van der Waals surface area contributed by atoms with Crippen molar-refractivity contribution in [1.29, 1.82) is 0 Å². The lowest BCUT2D eigenvalue weighted by Gasteiger charge is -2.07. The molecule has 3 heteroatoms. The minimum atomic E-state index is 0.0644. The quantitative estimate of drug-likeness (QED) is 0.913. The summed E-state index contributed by atoms with van der Waals surface area (Å²) < 4.78 is 5.43. The highest BCUT2D eigenvalue weighted by Crippen LogP contribution is 2.49. The molecule has 0 aliphatic heterocycles. The molecule has 3 nitrogen and oxygen atoms in total. The second kappa shape index (κ2) is 4.72. The van der Waals surface area contributed by atoms with E-state index in [1.807, 2.05) is 32.0 Å². The van der Waals surface area contributed by atoms with Gasteiger partial charge in [-0.05, 0) is 36.0 Å². The van der Waals surface area contributed by atoms with E-state index in [0.29, 0.717) is 11.8 Å². The van der Waals surface area contributed by atoms with E-state index >= 15 is 0 Å². The van der Waals surface area contributed by atoms with E-state index in [1.165, 1.54) is 10.9 Å². The second-order valence-electron chi connectivity index (χ2n) is 5.68. The molecule has 1 N–H and O–H groups in total. The topological polar surface area (TPSA) is 42.2 Å². The van der Waals surface area contributed by atoms with Crippen molar-refractivity contribution in [1.82, 2.24) is 5.32 Å². The molecule has 1 aliphatic carbocycles. The zero-order valence-corrected chi connectivity index (χ0v) is 11.3. The van der Waals surface area contributed by atoms with E-state index in [0.717, 1.165) is 18.5 Å². The van der Waals surface area contributed by atoms with Gasteiger partial charge in [0.25, 0.3) is 0 Å². The summed E-state index contributed by atoms with van der Waals surface area (Å²) in [6.07, 6.45) is 2.90. The molecule has 0 spiro atoms. The van der Waals surface area contributed by atoms with Gasteiger partial charge in [-0.3, -0.25) is 4.79 Å². The normalized spacial score (nSPS) is 21.8. The minimum Gasteiger partial charge on any atom is -0.464 e. The van der Waals surface area contributed by atoms with Crippen LogP contribution in [-0.2, 0) is 4.79 Å². The molecule has 1 aliphatic rings. The Morgan fingerprint density at radius 1 is 1.42 bits per heavy atom. The van der Waals surface area contributed by atoms with Gasteiger partial charge in [0.1, 0.15) is 5.58 Å². The van der Waals surface area contributed by atoms with Crippen molar-refractivity contribution < 1.29 is 9.21 Å². The molecule has 1 heterocycles. The molecule has 2 aromatic rings. The summed E-state index contributed by atoms with van der Waals surface area (Å²) in [5.74, 6) is 1.35. The summed E-state index contributed by atoms with van der Waals surface area (Å²) in [7, 11) is 0. The molecule has 1 aromatic carbocycles. The maximum Gasteiger partial charge on any atom is 0.222 e. The summed E-state index contributed by atoms with van der Waals surface area (Å²) in [5.41, 5.74) is 2.31. The van der Waals surface area contributed by atoms with Crippen molar-refractivity contribution in [3.63, 3.8) is 0 Å². The molecule has 100 valence electrons. The standard InChI is InChI=1S/C16H19NO2/c1-10(2)16(18)17-9-11-8-14(11)12-4-3-5-15-13(12)6-7-19-15/h3-7,10-11,14H,8-9H2,1-2H3,(H,17,18). The Bertz CT molecular complexity index is 600. The van der Waals surface area contributed by atoms with Gasteiger partial charge in [0.05, 0.1) is 6.26 Å². The number of benzene rings is 1. The van der Waals surface area contributed by atoms with Gasteiger partial charge in [0, 0.05) is 17.8 Å². The lowest BCUT2D eigenvalue weighted by atomic mass is 10.0. The molecule has 0 bridgehead atoms. The molecule has 1 fully saturated rings. The van der Waals surface area contributed by atoms with Gasteiger partial charge in [0.2, 0.25) is 5.91 Å². The second-order valence-corrected chi connectivity index (χ2v) is 5.68. The average Bonchev–Trinajstić information content (AvgIpc) is 3.00. The number of fused-ring (bicyclic) bond motifs is 1. The maximum atomic E-state index is 11.6. The highest BCUT2D eigenvalue weighted by molar-refractivity contribution is 5.82. The van der Waals surface area contributed by atoms with Crippen LogP contribution in [0.1, 0.15) is 31.7 Å². The minimum absolute atomic E-state index is 0.0644. The van der Waals surface area contributed by atoms with Crippen LogP contribution >= 0.6 is 0 Å². The number of hydrogen-bond donors (Lipinski definition) is 1. The third kappa shape index (κ3) is 2.37. The van der Waals surface area contributed by atoms with E-state index in [1.54, 1.807) is 6.26 Å². The molecule has 19 heavy (non-hydrogen) atoms. The third-order valence-corrected chi connectivity index (χ3v) is 3.91. The van der Waals surface area contributed by atoms with Crippen molar-refractivity contribution in [2.24, 2.45) is 11.8 Å². The van der Waals surface area contributed by atoms with Crippen molar-refractivity contribution in [2.75, 3.05) is 6.54 Å². The van der Waals surface area contributed by atoms with Crippen LogP contribution in [0.2, 0.25) is 0 Å². The van der Waals surface area contributed by atoms with Crippen LogP contribution in [0.25, 0.3) is 11.0 Å². The zero-order chi connectivity index (χ0) is 13.4. The average molecular weight is 257 g/mol. The van der Waals surface area contributed by atoms with Crippen LogP contribution in [0.5, 0.6) is 0 Å². The van der Waals surface area contributed by atoms with Crippen molar-refractivity contribution in [3.8, 4) is 0 Å². The molecule has 1 saturated carbocycles. The monoisotopic (exact) mass is 257 g/mol. The van der Waals surface area contributed by atoms with E-state index in [-0.39, 0.29) is 11.8 Å². The molecule has 2 atom stereocenters. The van der Waals surface area contributed by atoms with Crippen LogP contribution in [0.15, 0.2) is 34.9 Å². The largest absolute Gasteiger partial charge is 0.464 e. The first-order valence-corrected chi connectivity index (χ1v) is 6.90. The first-order chi connectivity index (χ1) is 9.16. The smallest absolute Gasteiger partial charge is 0.222 e. The number of rotatable bonds is 4. The molecule has 1 aromatic heterocycles. The molecule has 1 amide bonds. The number of carbonyl (C=O) groups is 1.